The Morgan fingerprint density at radius 2 is 2.04 bits per heavy atom. The van der Waals surface area contributed by atoms with Gasteiger partial charge in [0, 0.05) is 12.8 Å². The maximum absolute atomic E-state index is 11.7. The number of carbonyl (C=O) groups excluding carboxylic acids is 1. The number of aryl methyl sites for hydroxylation is 2. The molecule has 1 aromatic carbocycles. The van der Waals surface area contributed by atoms with Gasteiger partial charge in [0.2, 0.25) is 0 Å². The van der Waals surface area contributed by atoms with Crippen molar-refractivity contribution in [3.05, 3.63) is 29.3 Å². The van der Waals surface area contributed by atoms with Crippen molar-refractivity contribution in [2.45, 2.75) is 39.7 Å². The lowest BCUT2D eigenvalue weighted by Gasteiger charge is -2.29. The molecule has 5 nitrogen and oxygen atoms in total. The highest BCUT2D eigenvalue weighted by Crippen LogP contribution is 2.18. The Labute approximate surface area is 144 Å². The van der Waals surface area contributed by atoms with Gasteiger partial charge in [-0.15, -0.1) is 0 Å². The Kier molecular flexibility index (Phi) is 7.06. The van der Waals surface area contributed by atoms with E-state index in [2.05, 4.69) is 13.0 Å². The number of benzene rings is 1. The Morgan fingerprint density at radius 3 is 2.67 bits per heavy atom. The topological polar surface area (TPSA) is 60.2 Å². The van der Waals surface area contributed by atoms with E-state index in [1.807, 2.05) is 26.0 Å². The van der Waals surface area contributed by atoms with E-state index < -0.39 is 6.10 Å². The van der Waals surface area contributed by atoms with Crippen LogP contribution < -0.4 is 9.64 Å². The summed E-state index contributed by atoms with van der Waals surface area (Å²) in [6.45, 7) is 9.09. The third kappa shape index (κ3) is 5.49. The van der Waals surface area contributed by atoms with E-state index in [0.717, 1.165) is 37.2 Å². The summed E-state index contributed by atoms with van der Waals surface area (Å²) in [5, 5.41) is 10.2. The van der Waals surface area contributed by atoms with Crippen LogP contribution in [0.1, 0.15) is 30.9 Å². The van der Waals surface area contributed by atoms with Crippen molar-refractivity contribution in [1.82, 2.24) is 0 Å². The van der Waals surface area contributed by atoms with Crippen molar-refractivity contribution in [3.8, 4) is 5.75 Å². The SMILES string of the molecule is CCOC(=O)C1CC[NH+](CC(O)COc2ccc(C)cc2C)CC1. The fourth-order valence-corrected chi connectivity index (χ4v) is 3.27. The number of quaternary nitrogens is 1. The van der Waals surface area contributed by atoms with Crippen LogP contribution in [0.15, 0.2) is 18.2 Å². The number of hydrogen-bond donors (Lipinski definition) is 2. The van der Waals surface area contributed by atoms with Crippen LogP contribution in [0.3, 0.4) is 0 Å². The third-order valence-electron chi connectivity index (χ3n) is 4.60. The smallest absolute Gasteiger partial charge is 0.309 e. The summed E-state index contributed by atoms with van der Waals surface area (Å²) in [6, 6.07) is 6.04. The first-order valence-electron chi connectivity index (χ1n) is 8.88. The molecule has 0 aliphatic carbocycles. The number of esters is 1. The van der Waals surface area contributed by atoms with Crippen LogP contribution in [-0.4, -0.2) is 50.0 Å². The van der Waals surface area contributed by atoms with Crippen molar-refractivity contribution in [3.63, 3.8) is 0 Å². The fourth-order valence-electron chi connectivity index (χ4n) is 3.27. The molecule has 134 valence electrons. The second-order valence-electron chi connectivity index (χ2n) is 6.71. The zero-order valence-corrected chi connectivity index (χ0v) is 15.0. The number of rotatable bonds is 7. The Bertz CT molecular complexity index is 538. The first-order chi connectivity index (χ1) is 11.5. The van der Waals surface area contributed by atoms with E-state index >= 15 is 0 Å². The molecule has 2 N–H and O–H groups in total. The summed E-state index contributed by atoms with van der Waals surface area (Å²) in [5.41, 5.74) is 2.29. The van der Waals surface area contributed by atoms with Crippen LogP contribution in [0.4, 0.5) is 0 Å². The predicted octanol–water partition coefficient (Wildman–Crippen LogP) is 0.901. The Hall–Kier alpha value is -1.59. The quantitative estimate of drug-likeness (QED) is 0.727. The van der Waals surface area contributed by atoms with Gasteiger partial charge in [-0.05, 0) is 32.4 Å². The van der Waals surface area contributed by atoms with Gasteiger partial charge in [-0.3, -0.25) is 4.79 Å². The molecule has 1 atom stereocenters. The van der Waals surface area contributed by atoms with Crippen molar-refractivity contribution >= 4 is 5.97 Å². The van der Waals surface area contributed by atoms with E-state index in [-0.39, 0.29) is 11.9 Å². The normalized spacial score (nSPS) is 22.0. The molecule has 1 aromatic rings. The molecule has 0 spiro atoms. The Balaban J connectivity index is 1.71. The summed E-state index contributed by atoms with van der Waals surface area (Å²) < 4.78 is 10.8. The number of aliphatic hydroxyl groups excluding tert-OH is 1. The largest absolute Gasteiger partial charge is 0.490 e. The van der Waals surface area contributed by atoms with Crippen LogP contribution in [-0.2, 0) is 9.53 Å². The highest BCUT2D eigenvalue weighted by Gasteiger charge is 2.29. The van der Waals surface area contributed by atoms with Gasteiger partial charge < -0.3 is 19.5 Å². The van der Waals surface area contributed by atoms with Crippen LogP contribution in [0.25, 0.3) is 0 Å². The molecule has 0 saturated carbocycles. The van der Waals surface area contributed by atoms with Crippen LogP contribution >= 0.6 is 0 Å². The monoisotopic (exact) mass is 336 g/mol. The molecule has 5 heteroatoms. The molecule has 1 fully saturated rings. The highest BCUT2D eigenvalue weighted by atomic mass is 16.5. The van der Waals surface area contributed by atoms with Crippen LogP contribution in [0, 0.1) is 19.8 Å². The molecule has 0 amide bonds. The van der Waals surface area contributed by atoms with Crippen LogP contribution in [0.2, 0.25) is 0 Å². The molecule has 1 heterocycles. The number of piperidine rings is 1. The summed E-state index contributed by atoms with van der Waals surface area (Å²) in [6.07, 6.45) is 1.16. The molecule has 1 aliphatic rings. The van der Waals surface area contributed by atoms with Crippen molar-refractivity contribution in [2.75, 3.05) is 32.8 Å². The van der Waals surface area contributed by atoms with E-state index in [0.29, 0.717) is 19.8 Å². The third-order valence-corrected chi connectivity index (χ3v) is 4.60. The first kappa shape index (κ1) is 18.7. The lowest BCUT2D eigenvalue weighted by atomic mass is 9.97. The van der Waals surface area contributed by atoms with Gasteiger partial charge in [0.05, 0.1) is 25.6 Å². The fraction of sp³-hybridized carbons (Fsp3) is 0.632. The van der Waals surface area contributed by atoms with Gasteiger partial charge >= 0.3 is 5.97 Å². The maximum atomic E-state index is 11.7. The minimum Gasteiger partial charge on any atom is -0.490 e. The number of carbonyl (C=O) groups is 1. The molecular weight excluding hydrogens is 306 g/mol. The van der Waals surface area contributed by atoms with E-state index in [9.17, 15) is 9.90 Å². The Morgan fingerprint density at radius 1 is 1.33 bits per heavy atom. The van der Waals surface area contributed by atoms with Crippen LogP contribution in [0.5, 0.6) is 5.75 Å². The number of nitrogens with one attached hydrogen (secondary N) is 1. The van der Waals surface area contributed by atoms with Gasteiger partial charge in [0.15, 0.2) is 0 Å². The van der Waals surface area contributed by atoms with Gasteiger partial charge in [0.1, 0.15) is 25.0 Å². The number of likely N-dealkylation sites (tertiary alicyclic amines) is 1. The molecule has 1 aliphatic heterocycles. The molecule has 0 radical (unpaired) electrons. The van der Waals surface area contributed by atoms with Gasteiger partial charge in [-0.2, -0.15) is 0 Å². The maximum Gasteiger partial charge on any atom is 0.309 e. The number of ether oxygens (including phenoxy) is 2. The van der Waals surface area contributed by atoms with E-state index in [1.54, 1.807) is 0 Å². The molecule has 0 bridgehead atoms. The molecule has 0 aromatic heterocycles. The molecule has 1 unspecified atom stereocenters. The summed E-state index contributed by atoms with van der Waals surface area (Å²) in [5.74, 6) is 0.781. The number of aliphatic hydroxyl groups is 1. The van der Waals surface area contributed by atoms with Crippen molar-refractivity contribution in [2.24, 2.45) is 5.92 Å². The molecule has 2 rings (SSSR count). The average molecular weight is 336 g/mol. The van der Waals surface area contributed by atoms with Gasteiger partial charge in [-0.1, -0.05) is 17.7 Å². The summed E-state index contributed by atoms with van der Waals surface area (Å²) in [7, 11) is 0. The highest BCUT2D eigenvalue weighted by molar-refractivity contribution is 5.72. The van der Waals surface area contributed by atoms with Gasteiger partial charge in [-0.25, -0.2) is 0 Å². The lowest BCUT2D eigenvalue weighted by molar-refractivity contribution is -0.908. The minimum absolute atomic E-state index is 0.0253. The average Bonchev–Trinajstić information content (AvgIpc) is 2.55. The molecule has 1 saturated heterocycles. The van der Waals surface area contributed by atoms with E-state index in [4.69, 9.17) is 9.47 Å². The lowest BCUT2D eigenvalue weighted by Crippen LogP contribution is -3.14. The first-order valence-corrected chi connectivity index (χ1v) is 8.88. The summed E-state index contributed by atoms with van der Waals surface area (Å²) in [4.78, 5) is 13.1. The van der Waals surface area contributed by atoms with Gasteiger partial charge in [0.25, 0.3) is 0 Å². The van der Waals surface area contributed by atoms with Crippen molar-refractivity contribution in [1.29, 1.82) is 0 Å². The standard InChI is InChI=1S/C19H29NO4/c1-4-23-19(22)16-7-9-20(10-8-16)12-17(21)13-24-18-6-5-14(2)11-15(18)3/h5-6,11,16-17,21H,4,7-10,12-13H2,1-3H3/p+1. The van der Waals surface area contributed by atoms with E-state index in [1.165, 1.54) is 10.5 Å². The molecule has 24 heavy (non-hydrogen) atoms. The molecular formula is C19H30NO4+. The zero-order valence-electron chi connectivity index (χ0n) is 15.0. The number of hydrogen-bond acceptors (Lipinski definition) is 4. The minimum atomic E-state index is -0.500. The second-order valence-corrected chi connectivity index (χ2v) is 6.71. The van der Waals surface area contributed by atoms with Crippen molar-refractivity contribution < 1.29 is 24.3 Å². The predicted molar refractivity (Wildman–Crippen MR) is 92.3 cm³/mol. The second kappa shape index (κ2) is 9.04. The zero-order chi connectivity index (χ0) is 17.5. The summed E-state index contributed by atoms with van der Waals surface area (Å²) >= 11 is 0.